The minimum atomic E-state index is 0.155. The third kappa shape index (κ3) is 3.55. The molecule has 0 heterocycles. The van der Waals surface area contributed by atoms with Crippen LogP contribution in [0.2, 0.25) is 0 Å². The molecule has 0 aliphatic heterocycles. The van der Waals surface area contributed by atoms with E-state index in [1.165, 1.54) is 16.7 Å². The molecule has 2 N–H and O–H groups in total. The largest absolute Gasteiger partial charge is 0.396 e. The predicted molar refractivity (Wildman–Crippen MR) is 73.6 cm³/mol. The van der Waals surface area contributed by atoms with Crippen molar-refractivity contribution in [2.45, 2.75) is 39.0 Å². The molecular formula is C15H25NO. The van der Waals surface area contributed by atoms with E-state index in [0.29, 0.717) is 0 Å². The zero-order chi connectivity index (χ0) is 13.1. The van der Waals surface area contributed by atoms with E-state index >= 15 is 0 Å². The second-order valence-corrected chi connectivity index (χ2v) is 5.76. The van der Waals surface area contributed by atoms with E-state index in [0.717, 1.165) is 6.54 Å². The Balaban J connectivity index is 3.13. The molecule has 2 heteroatoms. The Morgan fingerprint density at radius 3 is 2.41 bits per heavy atom. The molecule has 0 spiro atoms. The average Bonchev–Trinajstić information content (AvgIpc) is 2.25. The van der Waals surface area contributed by atoms with Crippen LogP contribution in [0.1, 0.15) is 43.4 Å². The number of hydrogen-bond donors (Lipinski definition) is 2. The number of rotatable bonds is 4. The van der Waals surface area contributed by atoms with Gasteiger partial charge in [-0.3, -0.25) is 0 Å². The molecule has 0 aliphatic rings. The molecule has 0 fully saturated rings. The summed E-state index contributed by atoms with van der Waals surface area (Å²) in [7, 11) is 1.92. The van der Waals surface area contributed by atoms with E-state index in [-0.39, 0.29) is 17.9 Å². The number of aliphatic hydroxyl groups excluding tert-OH is 1. The van der Waals surface area contributed by atoms with Crippen molar-refractivity contribution >= 4 is 0 Å². The monoisotopic (exact) mass is 235 g/mol. The summed E-state index contributed by atoms with van der Waals surface area (Å²) in [5, 5.41) is 12.6. The third-order valence-corrected chi connectivity index (χ3v) is 3.26. The molecule has 0 radical (unpaired) electrons. The van der Waals surface area contributed by atoms with Gasteiger partial charge in [-0.05, 0) is 36.1 Å². The van der Waals surface area contributed by atoms with Gasteiger partial charge in [-0.2, -0.15) is 0 Å². The Morgan fingerprint density at radius 1 is 1.29 bits per heavy atom. The summed E-state index contributed by atoms with van der Waals surface area (Å²) in [5.41, 5.74) is 4.00. The minimum Gasteiger partial charge on any atom is -0.396 e. The number of aliphatic hydroxyl groups is 1. The Labute approximate surface area is 105 Å². The van der Waals surface area contributed by atoms with Gasteiger partial charge in [0.15, 0.2) is 0 Å². The molecule has 1 aromatic carbocycles. The molecule has 0 saturated heterocycles. The summed E-state index contributed by atoms with van der Waals surface area (Å²) in [4.78, 5) is 0. The first-order chi connectivity index (χ1) is 7.90. The van der Waals surface area contributed by atoms with Gasteiger partial charge in [-0.15, -0.1) is 0 Å². The summed E-state index contributed by atoms with van der Waals surface area (Å²) < 4.78 is 0. The van der Waals surface area contributed by atoms with Gasteiger partial charge in [0.25, 0.3) is 0 Å². The second kappa shape index (κ2) is 5.65. The number of aryl methyl sites for hydroxylation is 1. The van der Waals surface area contributed by atoms with Gasteiger partial charge in [0.1, 0.15) is 0 Å². The number of hydrogen-bond acceptors (Lipinski definition) is 2. The van der Waals surface area contributed by atoms with E-state index in [1.54, 1.807) is 0 Å². The molecule has 0 amide bonds. The second-order valence-electron chi connectivity index (χ2n) is 5.76. The first-order valence-electron chi connectivity index (χ1n) is 6.26. The fraction of sp³-hybridized carbons (Fsp3) is 0.600. The van der Waals surface area contributed by atoms with Gasteiger partial charge in [0.05, 0.1) is 6.61 Å². The van der Waals surface area contributed by atoms with Gasteiger partial charge >= 0.3 is 0 Å². The van der Waals surface area contributed by atoms with Crippen molar-refractivity contribution < 1.29 is 5.11 Å². The van der Waals surface area contributed by atoms with Crippen LogP contribution in [0.3, 0.4) is 0 Å². The van der Waals surface area contributed by atoms with E-state index in [2.05, 4.69) is 51.2 Å². The van der Waals surface area contributed by atoms with Crippen molar-refractivity contribution in [1.29, 1.82) is 0 Å². The zero-order valence-corrected chi connectivity index (χ0v) is 11.7. The van der Waals surface area contributed by atoms with Gasteiger partial charge in [0.2, 0.25) is 0 Å². The standard InChI is InChI=1S/C15H25NO/c1-11-6-7-13(15(2,3)4)8-14(11)12(10-17)9-16-5/h6-8,12,16-17H,9-10H2,1-5H3. The van der Waals surface area contributed by atoms with Crippen LogP contribution in [0, 0.1) is 6.92 Å². The van der Waals surface area contributed by atoms with E-state index < -0.39 is 0 Å². The molecule has 0 saturated carbocycles. The van der Waals surface area contributed by atoms with Crippen molar-refractivity contribution in [2.75, 3.05) is 20.2 Å². The van der Waals surface area contributed by atoms with Crippen LogP contribution in [0.5, 0.6) is 0 Å². The average molecular weight is 235 g/mol. The van der Waals surface area contributed by atoms with Gasteiger partial charge < -0.3 is 10.4 Å². The molecule has 0 bridgehead atoms. The Morgan fingerprint density at radius 2 is 1.94 bits per heavy atom. The van der Waals surface area contributed by atoms with Crippen LogP contribution in [-0.2, 0) is 5.41 Å². The molecule has 1 rings (SSSR count). The molecule has 1 unspecified atom stereocenters. The van der Waals surface area contributed by atoms with Crippen molar-refractivity contribution in [3.8, 4) is 0 Å². The van der Waals surface area contributed by atoms with Crippen molar-refractivity contribution in [3.63, 3.8) is 0 Å². The SMILES string of the molecule is CNCC(CO)c1cc(C(C)(C)C)ccc1C. The lowest BCUT2D eigenvalue weighted by Crippen LogP contribution is -2.21. The van der Waals surface area contributed by atoms with E-state index in [4.69, 9.17) is 0 Å². The topological polar surface area (TPSA) is 32.3 Å². The lowest BCUT2D eigenvalue weighted by Gasteiger charge is -2.23. The van der Waals surface area contributed by atoms with Crippen LogP contribution >= 0.6 is 0 Å². The normalized spacial score (nSPS) is 13.8. The molecule has 0 aliphatic carbocycles. The molecule has 2 nitrogen and oxygen atoms in total. The predicted octanol–water partition coefficient (Wildman–Crippen LogP) is 2.59. The number of likely N-dealkylation sites (N-methyl/N-ethyl adjacent to an activating group) is 1. The lowest BCUT2D eigenvalue weighted by atomic mass is 9.83. The summed E-state index contributed by atoms with van der Waals surface area (Å²) in [6.07, 6.45) is 0. The highest BCUT2D eigenvalue weighted by Crippen LogP contribution is 2.27. The molecule has 17 heavy (non-hydrogen) atoms. The van der Waals surface area contributed by atoms with Crippen LogP contribution < -0.4 is 5.32 Å². The highest BCUT2D eigenvalue weighted by atomic mass is 16.3. The quantitative estimate of drug-likeness (QED) is 0.840. The Bertz CT molecular complexity index is 366. The fourth-order valence-electron chi connectivity index (χ4n) is 2.07. The number of benzene rings is 1. The first-order valence-corrected chi connectivity index (χ1v) is 6.26. The van der Waals surface area contributed by atoms with Crippen molar-refractivity contribution in [2.24, 2.45) is 0 Å². The molecule has 96 valence electrons. The highest BCUT2D eigenvalue weighted by Gasteiger charge is 2.18. The Kier molecular flexibility index (Phi) is 4.72. The van der Waals surface area contributed by atoms with Gasteiger partial charge in [0, 0.05) is 12.5 Å². The maximum absolute atomic E-state index is 9.49. The van der Waals surface area contributed by atoms with Gasteiger partial charge in [-0.1, -0.05) is 39.0 Å². The minimum absolute atomic E-state index is 0.155. The van der Waals surface area contributed by atoms with E-state index in [1.807, 2.05) is 7.05 Å². The van der Waals surface area contributed by atoms with Crippen molar-refractivity contribution in [1.82, 2.24) is 5.32 Å². The third-order valence-electron chi connectivity index (χ3n) is 3.26. The first kappa shape index (κ1) is 14.2. The summed E-state index contributed by atoms with van der Waals surface area (Å²) in [5.74, 6) is 0.183. The molecular weight excluding hydrogens is 210 g/mol. The summed E-state index contributed by atoms with van der Waals surface area (Å²) in [6, 6.07) is 6.59. The zero-order valence-electron chi connectivity index (χ0n) is 11.7. The van der Waals surface area contributed by atoms with Crippen LogP contribution in [0.15, 0.2) is 18.2 Å². The smallest absolute Gasteiger partial charge is 0.0512 e. The summed E-state index contributed by atoms with van der Waals surface area (Å²) in [6.45, 7) is 9.76. The maximum atomic E-state index is 9.49. The highest BCUT2D eigenvalue weighted by molar-refractivity contribution is 5.37. The molecule has 1 atom stereocenters. The number of nitrogens with one attached hydrogen (secondary N) is 1. The van der Waals surface area contributed by atoms with Gasteiger partial charge in [-0.25, -0.2) is 0 Å². The molecule has 0 aromatic heterocycles. The van der Waals surface area contributed by atoms with E-state index in [9.17, 15) is 5.11 Å². The van der Waals surface area contributed by atoms with Crippen LogP contribution in [-0.4, -0.2) is 25.3 Å². The fourth-order valence-corrected chi connectivity index (χ4v) is 2.07. The van der Waals surface area contributed by atoms with Crippen LogP contribution in [0.25, 0.3) is 0 Å². The molecule has 1 aromatic rings. The van der Waals surface area contributed by atoms with Crippen LogP contribution in [0.4, 0.5) is 0 Å². The van der Waals surface area contributed by atoms with Crippen molar-refractivity contribution in [3.05, 3.63) is 34.9 Å². The lowest BCUT2D eigenvalue weighted by molar-refractivity contribution is 0.263. The maximum Gasteiger partial charge on any atom is 0.0512 e. The Hall–Kier alpha value is -0.860. The summed E-state index contributed by atoms with van der Waals surface area (Å²) >= 11 is 0.